The second kappa shape index (κ2) is 8.92. The average Bonchev–Trinajstić information content (AvgIpc) is 3.22. The number of aldehydes is 1. The summed E-state index contributed by atoms with van der Waals surface area (Å²) in [4.78, 5) is 23.5. The van der Waals surface area contributed by atoms with Gasteiger partial charge in [-0.2, -0.15) is 0 Å². The lowest BCUT2D eigenvalue weighted by molar-refractivity contribution is -0.130. The second-order valence-corrected chi connectivity index (χ2v) is 8.33. The molecule has 7 heteroatoms. The Morgan fingerprint density at radius 1 is 1.03 bits per heavy atom. The highest BCUT2D eigenvalue weighted by atomic mass is 16.5. The molecule has 0 saturated carbocycles. The fourth-order valence-electron chi connectivity index (χ4n) is 4.69. The molecule has 3 heterocycles. The van der Waals surface area contributed by atoms with Crippen LogP contribution in [0.25, 0.3) is 0 Å². The van der Waals surface area contributed by atoms with Crippen molar-refractivity contribution in [3.63, 3.8) is 0 Å². The number of carbonyl (C=O) groups is 2. The number of rotatable bonds is 6. The molecule has 1 aromatic rings. The molecular formula is C22H31N3O4. The van der Waals surface area contributed by atoms with E-state index in [1.54, 1.807) is 0 Å². The average molecular weight is 402 g/mol. The zero-order valence-corrected chi connectivity index (χ0v) is 17.2. The van der Waals surface area contributed by atoms with Gasteiger partial charge in [0.1, 0.15) is 0 Å². The number of fused-ring (bicyclic) bond motifs is 1. The van der Waals surface area contributed by atoms with Crippen molar-refractivity contribution < 1.29 is 19.1 Å². The van der Waals surface area contributed by atoms with Crippen molar-refractivity contribution in [1.82, 2.24) is 10.6 Å². The maximum absolute atomic E-state index is 12.3. The van der Waals surface area contributed by atoms with Crippen LogP contribution in [0.1, 0.15) is 48.3 Å². The van der Waals surface area contributed by atoms with E-state index in [1.165, 1.54) is 0 Å². The molecule has 3 aliphatic rings. The predicted molar refractivity (Wildman–Crippen MR) is 111 cm³/mol. The number of anilines is 1. The Hall–Kier alpha value is -1.80. The maximum Gasteiger partial charge on any atom is 0.204 e. The van der Waals surface area contributed by atoms with E-state index in [2.05, 4.69) is 41.9 Å². The van der Waals surface area contributed by atoms with Crippen molar-refractivity contribution in [2.75, 3.05) is 51.3 Å². The molecule has 0 radical (unpaired) electrons. The smallest absolute Gasteiger partial charge is 0.204 e. The van der Waals surface area contributed by atoms with Crippen LogP contribution < -0.4 is 16.0 Å². The zero-order valence-electron chi connectivity index (χ0n) is 17.2. The van der Waals surface area contributed by atoms with Gasteiger partial charge in [0.25, 0.3) is 0 Å². The van der Waals surface area contributed by atoms with Crippen LogP contribution >= 0.6 is 0 Å². The first-order valence-electron chi connectivity index (χ1n) is 10.7. The predicted octanol–water partition coefficient (Wildman–Crippen LogP) is 1.15. The first-order valence-corrected chi connectivity index (χ1v) is 10.7. The zero-order chi connectivity index (χ0) is 20.4. The topological polar surface area (TPSA) is 88.7 Å². The number of benzene rings is 1. The van der Waals surface area contributed by atoms with E-state index >= 15 is 0 Å². The Morgan fingerprint density at radius 3 is 2.28 bits per heavy atom. The lowest BCUT2D eigenvalue weighted by Crippen LogP contribution is -2.41. The number of ketones is 1. The lowest BCUT2D eigenvalue weighted by Gasteiger charge is -2.32. The van der Waals surface area contributed by atoms with E-state index in [0.29, 0.717) is 26.0 Å². The van der Waals surface area contributed by atoms with Gasteiger partial charge in [-0.3, -0.25) is 9.59 Å². The Kier molecular flexibility index (Phi) is 6.29. The van der Waals surface area contributed by atoms with Crippen molar-refractivity contribution >= 4 is 17.8 Å². The SMILES string of the molecule is CC(c1cc2c(c(C(C)C3CNCCO3)c1)NCC2C(=O)C=O)C1CNCCO1. The van der Waals surface area contributed by atoms with Gasteiger partial charge in [-0.25, -0.2) is 0 Å². The minimum absolute atomic E-state index is 0.0774. The molecule has 4 rings (SSSR count). The summed E-state index contributed by atoms with van der Waals surface area (Å²) >= 11 is 0. The van der Waals surface area contributed by atoms with Crippen LogP contribution in [0, 0.1) is 0 Å². The highest BCUT2D eigenvalue weighted by Crippen LogP contribution is 2.42. The molecule has 3 aliphatic heterocycles. The fraction of sp³-hybridized carbons (Fsp3) is 0.636. The van der Waals surface area contributed by atoms with Crippen LogP contribution in [0.4, 0.5) is 5.69 Å². The molecule has 29 heavy (non-hydrogen) atoms. The van der Waals surface area contributed by atoms with Crippen LogP contribution in [-0.2, 0) is 19.1 Å². The van der Waals surface area contributed by atoms with Crippen molar-refractivity contribution in [2.45, 2.75) is 43.8 Å². The number of carbonyl (C=O) groups excluding carboxylic acids is 2. The van der Waals surface area contributed by atoms with Crippen LogP contribution in [-0.4, -0.2) is 70.2 Å². The highest BCUT2D eigenvalue weighted by molar-refractivity contribution is 6.28. The largest absolute Gasteiger partial charge is 0.383 e. The van der Waals surface area contributed by atoms with E-state index in [0.717, 1.165) is 48.6 Å². The lowest BCUT2D eigenvalue weighted by atomic mass is 9.83. The van der Waals surface area contributed by atoms with Gasteiger partial charge in [0.05, 0.1) is 31.3 Å². The number of hydrogen-bond acceptors (Lipinski definition) is 7. The van der Waals surface area contributed by atoms with Crippen molar-refractivity contribution in [3.8, 4) is 0 Å². The molecule has 1 aromatic carbocycles. The molecule has 3 N–H and O–H groups in total. The first kappa shape index (κ1) is 20.5. The fourth-order valence-corrected chi connectivity index (χ4v) is 4.69. The van der Waals surface area contributed by atoms with Crippen LogP contribution in [0.2, 0.25) is 0 Å². The Bertz CT molecular complexity index is 757. The van der Waals surface area contributed by atoms with Gasteiger partial charge in [-0.1, -0.05) is 26.0 Å². The highest BCUT2D eigenvalue weighted by Gasteiger charge is 2.35. The molecule has 2 saturated heterocycles. The van der Waals surface area contributed by atoms with E-state index in [1.807, 2.05) is 0 Å². The van der Waals surface area contributed by atoms with E-state index < -0.39 is 5.92 Å². The van der Waals surface area contributed by atoms with Gasteiger partial charge in [-0.05, 0) is 16.7 Å². The Balaban J connectivity index is 1.72. The van der Waals surface area contributed by atoms with Crippen LogP contribution in [0.3, 0.4) is 0 Å². The molecule has 5 atom stereocenters. The molecule has 0 aliphatic carbocycles. The molecule has 0 bridgehead atoms. The summed E-state index contributed by atoms with van der Waals surface area (Å²) in [7, 11) is 0. The van der Waals surface area contributed by atoms with Gasteiger partial charge >= 0.3 is 0 Å². The molecular weight excluding hydrogens is 370 g/mol. The Labute approximate surface area is 171 Å². The molecule has 0 amide bonds. The summed E-state index contributed by atoms with van der Waals surface area (Å²) < 4.78 is 12.0. The van der Waals surface area contributed by atoms with Gasteiger partial charge in [0.2, 0.25) is 5.78 Å². The van der Waals surface area contributed by atoms with Gasteiger partial charge in [-0.15, -0.1) is 0 Å². The summed E-state index contributed by atoms with van der Waals surface area (Å²) in [5, 5.41) is 10.2. The number of hydrogen-bond donors (Lipinski definition) is 3. The van der Waals surface area contributed by atoms with Crippen LogP contribution in [0.5, 0.6) is 0 Å². The Morgan fingerprint density at radius 2 is 1.69 bits per heavy atom. The quantitative estimate of drug-likeness (QED) is 0.487. The number of ether oxygens (including phenoxy) is 2. The van der Waals surface area contributed by atoms with Crippen molar-refractivity contribution in [3.05, 3.63) is 28.8 Å². The van der Waals surface area contributed by atoms with Gasteiger partial charge in [0.15, 0.2) is 6.29 Å². The third-order valence-corrected chi connectivity index (χ3v) is 6.58. The third kappa shape index (κ3) is 4.10. The van der Waals surface area contributed by atoms with Gasteiger partial charge < -0.3 is 25.4 Å². The third-order valence-electron chi connectivity index (χ3n) is 6.58. The van der Waals surface area contributed by atoms with Crippen molar-refractivity contribution in [1.29, 1.82) is 0 Å². The molecule has 0 aromatic heterocycles. The molecule has 158 valence electrons. The summed E-state index contributed by atoms with van der Waals surface area (Å²) in [6, 6.07) is 4.34. The summed E-state index contributed by atoms with van der Waals surface area (Å²) in [6.45, 7) is 9.60. The normalized spacial score (nSPS) is 28.8. The minimum Gasteiger partial charge on any atom is -0.383 e. The summed E-state index contributed by atoms with van der Waals surface area (Å²) in [5.74, 6) is -0.453. The van der Waals surface area contributed by atoms with E-state index in [-0.39, 0.29) is 29.8 Å². The monoisotopic (exact) mass is 401 g/mol. The number of Topliss-reactive ketones (excluding diaryl/α,β-unsaturated/α-hetero) is 1. The molecule has 0 spiro atoms. The molecule has 7 nitrogen and oxygen atoms in total. The standard InChI is InChI=1S/C22H31N3O4/c1-13(20-10-23-3-5-28-20)15-7-16(14(2)21-11-24-4-6-29-21)22-17(8-15)18(9-25-22)19(27)12-26/h7-8,12-14,18,20-21,23-25H,3-6,9-11H2,1-2H3. The van der Waals surface area contributed by atoms with Crippen LogP contribution in [0.15, 0.2) is 12.1 Å². The first-order chi connectivity index (χ1) is 14.1. The maximum atomic E-state index is 12.3. The summed E-state index contributed by atoms with van der Waals surface area (Å²) in [5.41, 5.74) is 4.23. The van der Waals surface area contributed by atoms with E-state index in [4.69, 9.17) is 9.47 Å². The van der Waals surface area contributed by atoms with Gasteiger partial charge in [0, 0.05) is 50.2 Å². The number of morpholine rings is 2. The second-order valence-electron chi connectivity index (χ2n) is 8.33. The molecule has 5 unspecified atom stereocenters. The van der Waals surface area contributed by atoms with E-state index in [9.17, 15) is 9.59 Å². The van der Waals surface area contributed by atoms with Crippen molar-refractivity contribution in [2.24, 2.45) is 0 Å². The number of nitrogens with one attached hydrogen (secondary N) is 3. The molecule has 2 fully saturated rings. The minimum atomic E-state index is -0.420. The summed E-state index contributed by atoms with van der Waals surface area (Å²) in [6.07, 6.45) is 0.615.